The van der Waals surface area contributed by atoms with Crippen LogP contribution in [0.1, 0.15) is 16.4 Å². The van der Waals surface area contributed by atoms with E-state index in [1.54, 1.807) is 0 Å². The summed E-state index contributed by atoms with van der Waals surface area (Å²) in [4.78, 5) is 4.23. The zero-order chi connectivity index (χ0) is 15.5. The molecule has 1 aliphatic heterocycles. The third kappa shape index (κ3) is 4.83. The predicted molar refractivity (Wildman–Crippen MR) is 98.6 cm³/mol. The minimum absolute atomic E-state index is 0. The van der Waals surface area contributed by atoms with Crippen molar-refractivity contribution in [2.24, 2.45) is 0 Å². The molecule has 1 heterocycles. The van der Waals surface area contributed by atoms with Gasteiger partial charge in [0.2, 0.25) is 0 Å². The van der Waals surface area contributed by atoms with Gasteiger partial charge in [0.05, 0.1) is 20.6 Å². The normalized spacial score (nSPS) is 16.3. The molecule has 1 N–H and O–H groups in total. The van der Waals surface area contributed by atoms with Crippen molar-refractivity contribution >= 4 is 35.1 Å². The average Bonchev–Trinajstić information content (AvgIpc) is 2.64. The Kier molecular flexibility index (Phi) is 7.18. The van der Waals surface area contributed by atoms with Gasteiger partial charge in [-0.25, -0.2) is 0 Å². The van der Waals surface area contributed by atoms with Crippen LogP contribution < -0.4 is 17.3 Å². The van der Waals surface area contributed by atoms with E-state index in [4.69, 9.17) is 11.6 Å². The van der Waals surface area contributed by atoms with E-state index in [2.05, 4.69) is 62.3 Å². The van der Waals surface area contributed by atoms with Gasteiger partial charge in [0.1, 0.15) is 0 Å². The van der Waals surface area contributed by atoms with Crippen molar-refractivity contribution in [2.45, 2.75) is 21.5 Å². The summed E-state index contributed by atoms with van der Waals surface area (Å²) < 4.78 is 0. The Balaban J connectivity index is 0.00000192. The maximum Gasteiger partial charge on any atom is 0.0859 e. The zero-order valence-electron chi connectivity index (χ0n) is 13.3. The SMILES string of the molecule is C[NH+](C)CCSC1Cc2ccccc2Sc2ccc(Cl)cc21.[Cl-]. The number of benzene rings is 2. The summed E-state index contributed by atoms with van der Waals surface area (Å²) in [5.41, 5.74) is 2.85. The van der Waals surface area contributed by atoms with Crippen LogP contribution in [0.5, 0.6) is 0 Å². The van der Waals surface area contributed by atoms with Gasteiger partial charge in [-0.2, -0.15) is 0 Å². The fourth-order valence-electron chi connectivity index (χ4n) is 2.62. The number of nitrogens with one attached hydrogen (secondary N) is 1. The van der Waals surface area contributed by atoms with E-state index in [9.17, 15) is 0 Å². The molecule has 0 fully saturated rings. The second-order valence-corrected chi connectivity index (χ2v) is 8.74. The molecule has 23 heavy (non-hydrogen) atoms. The number of halogens is 2. The molecule has 1 aliphatic rings. The highest BCUT2D eigenvalue weighted by molar-refractivity contribution is 8.00. The molecule has 0 amide bonds. The zero-order valence-corrected chi connectivity index (χ0v) is 16.5. The molecule has 0 radical (unpaired) electrons. The van der Waals surface area contributed by atoms with Gasteiger partial charge in [0.15, 0.2) is 0 Å². The minimum atomic E-state index is 0. The lowest BCUT2D eigenvalue weighted by Gasteiger charge is -2.18. The third-order valence-corrected chi connectivity index (χ3v) is 6.55. The van der Waals surface area contributed by atoms with Crippen molar-refractivity contribution in [2.75, 3.05) is 26.4 Å². The van der Waals surface area contributed by atoms with Gasteiger partial charge < -0.3 is 17.3 Å². The second-order valence-electron chi connectivity index (χ2n) is 5.91. The molecule has 3 rings (SSSR count). The van der Waals surface area contributed by atoms with Crippen LogP contribution in [0.4, 0.5) is 0 Å². The Labute approximate surface area is 158 Å². The Morgan fingerprint density at radius 1 is 1.17 bits per heavy atom. The van der Waals surface area contributed by atoms with E-state index >= 15 is 0 Å². The van der Waals surface area contributed by atoms with Crippen molar-refractivity contribution in [3.63, 3.8) is 0 Å². The van der Waals surface area contributed by atoms with Gasteiger partial charge in [0, 0.05) is 25.8 Å². The summed E-state index contributed by atoms with van der Waals surface area (Å²) in [5.74, 6) is 1.17. The molecule has 2 aromatic rings. The summed E-state index contributed by atoms with van der Waals surface area (Å²) in [7, 11) is 4.42. The van der Waals surface area contributed by atoms with E-state index in [0.717, 1.165) is 11.4 Å². The number of hydrogen-bond donors (Lipinski definition) is 1. The minimum Gasteiger partial charge on any atom is -1.00 e. The third-order valence-electron chi connectivity index (χ3n) is 3.84. The second kappa shape index (κ2) is 8.68. The maximum atomic E-state index is 6.27. The molecular weight excluding hydrogens is 365 g/mol. The molecule has 0 spiro atoms. The van der Waals surface area contributed by atoms with Gasteiger partial charge in [-0.3, -0.25) is 0 Å². The highest BCUT2D eigenvalue weighted by atomic mass is 35.5. The topological polar surface area (TPSA) is 4.44 Å². The highest BCUT2D eigenvalue weighted by Gasteiger charge is 2.23. The van der Waals surface area contributed by atoms with Crippen LogP contribution in [0.15, 0.2) is 52.3 Å². The molecule has 5 heteroatoms. The average molecular weight is 386 g/mol. The molecule has 1 atom stereocenters. The molecule has 0 saturated carbocycles. The molecule has 0 bridgehead atoms. The van der Waals surface area contributed by atoms with E-state index in [1.807, 2.05) is 17.8 Å². The van der Waals surface area contributed by atoms with Gasteiger partial charge in [-0.15, -0.1) is 11.8 Å². The largest absolute Gasteiger partial charge is 1.00 e. The van der Waals surface area contributed by atoms with Crippen LogP contribution in [0.25, 0.3) is 0 Å². The first-order valence-corrected chi connectivity index (χ1v) is 9.83. The highest BCUT2D eigenvalue weighted by Crippen LogP contribution is 2.46. The van der Waals surface area contributed by atoms with E-state index in [1.165, 1.54) is 38.1 Å². The molecular formula is C18H21Cl2NS2. The molecule has 0 saturated heterocycles. The van der Waals surface area contributed by atoms with Crippen LogP contribution in [0.2, 0.25) is 5.02 Å². The van der Waals surface area contributed by atoms with Gasteiger partial charge in [-0.05, 0) is 41.8 Å². The molecule has 124 valence electrons. The van der Waals surface area contributed by atoms with Crippen LogP contribution in [0, 0.1) is 0 Å². The van der Waals surface area contributed by atoms with E-state index in [0.29, 0.717) is 5.25 Å². The van der Waals surface area contributed by atoms with Crippen molar-refractivity contribution in [3.05, 3.63) is 58.6 Å². The Bertz CT molecular complexity index is 661. The van der Waals surface area contributed by atoms with Crippen molar-refractivity contribution < 1.29 is 17.3 Å². The number of fused-ring (bicyclic) bond motifs is 2. The molecule has 0 aliphatic carbocycles. The Morgan fingerprint density at radius 3 is 2.74 bits per heavy atom. The smallest absolute Gasteiger partial charge is 0.0859 e. The summed E-state index contributed by atoms with van der Waals surface area (Å²) in [6.07, 6.45) is 1.09. The lowest BCUT2D eigenvalue weighted by Crippen LogP contribution is -3.06. The number of hydrogen-bond acceptors (Lipinski definition) is 2. The first-order chi connectivity index (χ1) is 10.6. The Hall–Kier alpha value is -0.320. The van der Waals surface area contributed by atoms with Crippen molar-refractivity contribution in [1.29, 1.82) is 0 Å². The fourth-order valence-corrected chi connectivity index (χ4v) is 5.48. The monoisotopic (exact) mass is 385 g/mol. The van der Waals surface area contributed by atoms with Crippen LogP contribution in [-0.4, -0.2) is 26.4 Å². The first-order valence-electron chi connectivity index (χ1n) is 7.59. The van der Waals surface area contributed by atoms with Crippen LogP contribution in [0.3, 0.4) is 0 Å². The van der Waals surface area contributed by atoms with Crippen LogP contribution in [-0.2, 0) is 6.42 Å². The number of quaternary nitrogens is 1. The molecule has 1 unspecified atom stereocenters. The standard InChI is InChI=1S/C18H20ClNS2.ClH/c1-20(2)9-10-21-18-11-13-5-3-4-6-16(13)22-17-8-7-14(19)12-15(17)18;/h3-8,12,18H,9-11H2,1-2H3;1H. The molecule has 2 aromatic carbocycles. The van der Waals surface area contributed by atoms with Crippen molar-refractivity contribution in [1.82, 2.24) is 0 Å². The number of thioether (sulfide) groups is 1. The lowest BCUT2D eigenvalue weighted by molar-refractivity contribution is -0.855. The lowest BCUT2D eigenvalue weighted by atomic mass is 10.0. The fraction of sp³-hybridized carbons (Fsp3) is 0.333. The molecule has 1 nitrogen and oxygen atoms in total. The van der Waals surface area contributed by atoms with E-state index in [-0.39, 0.29) is 12.4 Å². The van der Waals surface area contributed by atoms with Crippen LogP contribution >= 0.6 is 35.1 Å². The summed E-state index contributed by atoms with van der Waals surface area (Å²) in [5, 5.41) is 1.33. The van der Waals surface area contributed by atoms with Crippen molar-refractivity contribution in [3.8, 4) is 0 Å². The summed E-state index contributed by atoms with van der Waals surface area (Å²) in [6, 6.07) is 15.1. The Morgan fingerprint density at radius 2 is 1.96 bits per heavy atom. The quantitative estimate of drug-likeness (QED) is 0.835. The van der Waals surface area contributed by atoms with Gasteiger partial charge in [-0.1, -0.05) is 41.6 Å². The first kappa shape index (κ1) is 19.0. The molecule has 0 aromatic heterocycles. The number of rotatable bonds is 4. The van der Waals surface area contributed by atoms with Gasteiger partial charge in [0.25, 0.3) is 0 Å². The maximum absolute atomic E-state index is 6.27. The van der Waals surface area contributed by atoms with E-state index < -0.39 is 0 Å². The van der Waals surface area contributed by atoms with Gasteiger partial charge >= 0.3 is 0 Å². The summed E-state index contributed by atoms with van der Waals surface area (Å²) in [6.45, 7) is 1.19. The summed E-state index contributed by atoms with van der Waals surface area (Å²) >= 11 is 10.2. The predicted octanol–water partition coefficient (Wildman–Crippen LogP) is 0.970.